The van der Waals surface area contributed by atoms with Gasteiger partial charge in [0.2, 0.25) is 0 Å². The Hall–Kier alpha value is -2.35. The maximum Gasteiger partial charge on any atom is 0.272 e. The van der Waals surface area contributed by atoms with E-state index in [1.54, 1.807) is 13.4 Å². The monoisotopic (exact) mass is 534 g/mol. The van der Waals surface area contributed by atoms with E-state index < -0.39 is 0 Å². The fourth-order valence-corrected chi connectivity index (χ4v) is 7.16. The smallest absolute Gasteiger partial charge is 0.272 e. The predicted octanol–water partition coefficient (Wildman–Crippen LogP) is 5.03. The third kappa shape index (κ3) is 6.69. The van der Waals surface area contributed by atoms with Crippen molar-refractivity contribution in [3.05, 3.63) is 59.2 Å². The van der Waals surface area contributed by atoms with Gasteiger partial charge in [0, 0.05) is 50.1 Å². The molecule has 39 heavy (non-hydrogen) atoms. The largest absolute Gasteiger partial charge is 0.379 e. The molecule has 0 bridgehead atoms. The highest BCUT2D eigenvalue weighted by Crippen LogP contribution is 2.38. The molecule has 0 N–H and O–H groups in total. The van der Waals surface area contributed by atoms with E-state index in [1.165, 1.54) is 31.2 Å². The third-order valence-corrected chi connectivity index (χ3v) is 9.66. The number of methoxy groups -OCH3 is 1. The van der Waals surface area contributed by atoms with Gasteiger partial charge >= 0.3 is 0 Å². The molecule has 2 unspecified atom stereocenters. The average molecular weight is 535 g/mol. The van der Waals surface area contributed by atoms with E-state index in [9.17, 15) is 4.79 Å². The van der Waals surface area contributed by atoms with Crippen LogP contribution in [0.3, 0.4) is 0 Å². The summed E-state index contributed by atoms with van der Waals surface area (Å²) in [5, 5.41) is 0. The van der Waals surface area contributed by atoms with Gasteiger partial charge in [-0.05, 0) is 76.3 Å². The molecule has 1 aromatic carbocycles. The summed E-state index contributed by atoms with van der Waals surface area (Å²) < 4.78 is 11.3. The molecule has 1 aliphatic carbocycles. The van der Waals surface area contributed by atoms with Gasteiger partial charge in [0.1, 0.15) is 12.0 Å². The molecule has 3 heterocycles. The SMILES string of the molecule is COC1COCCC1N(C)C1CCN(C(=O)c2ncnc(CC[C@H]3CCC[C@@H](c4ccccc4)C3)c2C)CC1. The zero-order valence-corrected chi connectivity index (χ0v) is 24.1. The van der Waals surface area contributed by atoms with Crippen molar-refractivity contribution in [3.63, 3.8) is 0 Å². The molecule has 4 atom stereocenters. The molecule has 0 spiro atoms. The zero-order chi connectivity index (χ0) is 27.2. The molecule has 7 heteroatoms. The van der Waals surface area contributed by atoms with Crippen molar-refractivity contribution in [2.24, 2.45) is 5.92 Å². The molecular weight excluding hydrogens is 488 g/mol. The molecule has 2 aliphatic heterocycles. The Labute approximate surface area is 234 Å². The highest BCUT2D eigenvalue weighted by atomic mass is 16.5. The van der Waals surface area contributed by atoms with E-state index >= 15 is 0 Å². The molecular formula is C32H46N4O3. The van der Waals surface area contributed by atoms with E-state index in [1.807, 2.05) is 11.8 Å². The van der Waals surface area contributed by atoms with Gasteiger partial charge in [-0.3, -0.25) is 9.69 Å². The fourth-order valence-electron chi connectivity index (χ4n) is 7.16. The first-order valence-electron chi connectivity index (χ1n) is 15.0. The lowest BCUT2D eigenvalue weighted by molar-refractivity contribution is -0.0891. The van der Waals surface area contributed by atoms with E-state index in [2.05, 4.69) is 52.2 Å². The van der Waals surface area contributed by atoms with Crippen LogP contribution in [0.15, 0.2) is 36.7 Å². The second kappa shape index (κ2) is 13.3. The highest BCUT2D eigenvalue weighted by molar-refractivity contribution is 5.93. The molecule has 1 amide bonds. The molecule has 1 aromatic heterocycles. The summed E-state index contributed by atoms with van der Waals surface area (Å²) in [7, 11) is 3.98. The van der Waals surface area contributed by atoms with Gasteiger partial charge in [-0.15, -0.1) is 0 Å². The van der Waals surface area contributed by atoms with Crippen molar-refractivity contribution in [1.82, 2.24) is 19.8 Å². The minimum Gasteiger partial charge on any atom is -0.379 e. The quantitative estimate of drug-likeness (QED) is 0.473. The van der Waals surface area contributed by atoms with Gasteiger partial charge in [-0.2, -0.15) is 0 Å². The van der Waals surface area contributed by atoms with Crippen molar-refractivity contribution in [3.8, 4) is 0 Å². The number of amides is 1. The number of likely N-dealkylation sites (tertiary alicyclic amines) is 1. The Balaban J connectivity index is 1.15. The first-order chi connectivity index (χ1) is 19.0. The first-order valence-corrected chi connectivity index (χ1v) is 15.0. The lowest BCUT2D eigenvalue weighted by Crippen LogP contribution is -2.54. The Morgan fingerprint density at radius 3 is 2.67 bits per heavy atom. The molecule has 212 valence electrons. The van der Waals surface area contributed by atoms with Crippen LogP contribution < -0.4 is 0 Å². The number of ether oxygens (including phenoxy) is 2. The summed E-state index contributed by atoms with van der Waals surface area (Å²) in [6.07, 6.45) is 11.8. The van der Waals surface area contributed by atoms with Gasteiger partial charge in [0.15, 0.2) is 0 Å². The maximum atomic E-state index is 13.5. The Morgan fingerprint density at radius 2 is 1.90 bits per heavy atom. The summed E-state index contributed by atoms with van der Waals surface area (Å²) in [5.74, 6) is 1.43. The molecule has 3 aliphatic rings. The van der Waals surface area contributed by atoms with Crippen molar-refractivity contribution < 1.29 is 14.3 Å². The number of aryl methyl sites for hydroxylation is 1. The third-order valence-electron chi connectivity index (χ3n) is 9.66. The second-order valence-electron chi connectivity index (χ2n) is 11.9. The van der Waals surface area contributed by atoms with Crippen molar-refractivity contribution in [1.29, 1.82) is 0 Å². The van der Waals surface area contributed by atoms with E-state index in [-0.39, 0.29) is 12.0 Å². The van der Waals surface area contributed by atoms with Crippen LogP contribution in [-0.2, 0) is 15.9 Å². The molecule has 1 saturated carbocycles. The van der Waals surface area contributed by atoms with Gasteiger partial charge < -0.3 is 14.4 Å². The molecule has 2 saturated heterocycles. The Bertz CT molecular complexity index is 1070. The fraction of sp³-hybridized carbons (Fsp3) is 0.656. The number of nitrogens with zero attached hydrogens (tertiary/aromatic N) is 4. The molecule has 5 rings (SSSR count). The van der Waals surface area contributed by atoms with Crippen molar-refractivity contribution >= 4 is 5.91 Å². The summed E-state index contributed by atoms with van der Waals surface area (Å²) in [5.41, 5.74) is 4.06. The van der Waals surface area contributed by atoms with Crippen LogP contribution in [0, 0.1) is 12.8 Å². The molecule has 0 radical (unpaired) electrons. The normalized spacial score (nSPS) is 26.6. The van der Waals surface area contributed by atoms with Gasteiger partial charge in [-0.25, -0.2) is 9.97 Å². The lowest BCUT2D eigenvalue weighted by atomic mass is 9.76. The maximum absolute atomic E-state index is 13.5. The van der Waals surface area contributed by atoms with Gasteiger partial charge in [0.05, 0.1) is 12.7 Å². The number of aromatic nitrogens is 2. The zero-order valence-electron chi connectivity index (χ0n) is 24.1. The van der Waals surface area contributed by atoms with Crippen LogP contribution in [0.25, 0.3) is 0 Å². The molecule has 3 fully saturated rings. The van der Waals surface area contributed by atoms with Crippen LogP contribution in [0.1, 0.15) is 84.6 Å². The number of carbonyl (C=O) groups is 1. The number of carbonyl (C=O) groups excluding carboxylic acids is 1. The average Bonchev–Trinajstić information content (AvgIpc) is 3.00. The minimum atomic E-state index is 0.0555. The number of hydrogen-bond acceptors (Lipinski definition) is 6. The Kier molecular flexibility index (Phi) is 9.64. The van der Waals surface area contributed by atoms with E-state index in [4.69, 9.17) is 9.47 Å². The highest BCUT2D eigenvalue weighted by Gasteiger charge is 2.35. The lowest BCUT2D eigenvalue weighted by Gasteiger charge is -2.44. The van der Waals surface area contributed by atoms with Gasteiger partial charge in [0.25, 0.3) is 5.91 Å². The van der Waals surface area contributed by atoms with Crippen molar-refractivity contribution in [2.45, 2.75) is 88.8 Å². The first kappa shape index (κ1) is 28.2. The van der Waals surface area contributed by atoms with Crippen LogP contribution in [0.4, 0.5) is 0 Å². The van der Waals surface area contributed by atoms with E-state index in [0.29, 0.717) is 36.2 Å². The number of piperidine rings is 1. The predicted molar refractivity (Wildman–Crippen MR) is 153 cm³/mol. The minimum absolute atomic E-state index is 0.0555. The molecule has 7 nitrogen and oxygen atoms in total. The number of likely N-dealkylation sites (N-methyl/N-ethyl adjacent to an activating group) is 1. The summed E-state index contributed by atoms with van der Waals surface area (Å²) >= 11 is 0. The Morgan fingerprint density at radius 1 is 1.10 bits per heavy atom. The van der Waals surface area contributed by atoms with Crippen molar-refractivity contribution in [2.75, 3.05) is 40.5 Å². The van der Waals surface area contributed by atoms with E-state index in [0.717, 1.165) is 63.1 Å². The number of hydrogen-bond donors (Lipinski definition) is 0. The molecule has 2 aromatic rings. The second-order valence-corrected chi connectivity index (χ2v) is 11.9. The van der Waals surface area contributed by atoms with Gasteiger partial charge in [-0.1, -0.05) is 43.2 Å². The van der Waals surface area contributed by atoms with Crippen LogP contribution in [0.2, 0.25) is 0 Å². The summed E-state index contributed by atoms with van der Waals surface area (Å²) in [4.78, 5) is 27.1. The van der Waals surface area contributed by atoms with Crippen LogP contribution in [-0.4, -0.2) is 84.3 Å². The summed E-state index contributed by atoms with van der Waals surface area (Å²) in [6, 6.07) is 11.8. The van der Waals surface area contributed by atoms with Crippen LogP contribution >= 0.6 is 0 Å². The van der Waals surface area contributed by atoms with Crippen LogP contribution in [0.5, 0.6) is 0 Å². The summed E-state index contributed by atoms with van der Waals surface area (Å²) in [6.45, 7) is 5.00. The standard InChI is InChI=1S/C32H46N4O3/c1-23-28(13-12-24-8-7-11-26(20-24)25-9-5-4-6-10-25)33-22-34-31(23)32(37)36-17-14-27(15-18-36)35(2)29-16-19-39-21-30(29)38-3/h4-6,9-10,22,24,26-27,29-30H,7-8,11-21H2,1-3H3/t24-,26-,29?,30?/m1/s1. The topological polar surface area (TPSA) is 67.8 Å². The number of benzene rings is 1. The number of rotatable bonds is 8.